The number of aromatic nitrogens is 2. The molecule has 10 heteroatoms. The van der Waals surface area contributed by atoms with Crippen molar-refractivity contribution in [3.63, 3.8) is 0 Å². The molecule has 0 aliphatic carbocycles. The van der Waals surface area contributed by atoms with Gasteiger partial charge in [0.25, 0.3) is 5.95 Å². The number of halogens is 3. The second-order valence-corrected chi connectivity index (χ2v) is 6.84. The third-order valence-electron chi connectivity index (χ3n) is 3.34. The summed E-state index contributed by atoms with van der Waals surface area (Å²) in [4.78, 5) is 15.0. The molecule has 0 saturated heterocycles. The summed E-state index contributed by atoms with van der Waals surface area (Å²) in [5.74, 6) is 1.16. The number of rotatable bonds is 7. The molecule has 0 aliphatic heterocycles. The van der Waals surface area contributed by atoms with E-state index in [2.05, 4.69) is 30.5 Å². The van der Waals surface area contributed by atoms with Crippen LogP contribution in [0.3, 0.4) is 0 Å². The minimum absolute atomic E-state index is 0. The molecule has 2 rings (SSSR count). The monoisotopic (exact) mass is 431 g/mol. The highest BCUT2D eigenvalue weighted by atomic mass is 35.5. The number of nitrogens with zero attached hydrogens (tertiary/aromatic N) is 4. The maximum atomic E-state index is 5.99. The number of hydrogen-bond donors (Lipinski definition) is 3. The molecule has 0 amide bonds. The number of aryl methyl sites for hydroxylation is 1. The largest absolute Gasteiger partial charge is 0.370 e. The maximum Gasteiger partial charge on any atom is 0.254 e. The standard InChI is InChI=1S/C17H23Cl2N7.ClH/c1-11-9-15(21-7-4-8-26(2)3)24-17(22-11)25-16(20)23-12-5-6-13(18)14(19)10-12;/h5-6,9-10H,4,7-8H2,1-3H3,(H4,20,21,22,23,24,25);1H. The van der Waals surface area contributed by atoms with Crippen molar-refractivity contribution in [2.45, 2.75) is 13.3 Å². The first-order valence-electron chi connectivity index (χ1n) is 8.14. The number of guanidine groups is 1. The van der Waals surface area contributed by atoms with Gasteiger partial charge in [-0.25, -0.2) is 4.98 Å². The minimum Gasteiger partial charge on any atom is -0.370 e. The van der Waals surface area contributed by atoms with E-state index in [0.29, 0.717) is 15.7 Å². The van der Waals surface area contributed by atoms with Crippen molar-refractivity contribution in [3.05, 3.63) is 40.0 Å². The summed E-state index contributed by atoms with van der Waals surface area (Å²) < 4.78 is 0. The first kappa shape index (κ1) is 23.2. The Balaban J connectivity index is 0.00000364. The van der Waals surface area contributed by atoms with Crippen LogP contribution >= 0.6 is 35.6 Å². The second kappa shape index (κ2) is 11.1. The smallest absolute Gasteiger partial charge is 0.254 e. The van der Waals surface area contributed by atoms with Gasteiger partial charge in [-0.15, -0.1) is 12.4 Å². The van der Waals surface area contributed by atoms with E-state index in [4.69, 9.17) is 28.9 Å². The molecule has 4 N–H and O–H groups in total. The highest BCUT2D eigenvalue weighted by Crippen LogP contribution is 2.25. The summed E-state index contributed by atoms with van der Waals surface area (Å²) in [5, 5.41) is 7.12. The summed E-state index contributed by atoms with van der Waals surface area (Å²) in [6, 6.07) is 6.97. The summed E-state index contributed by atoms with van der Waals surface area (Å²) in [6.45, 7) is 3.70. The molecule has 1 heterocycles. The normalized spacial score (nSPS) is 11.3. The molecule has 0 atom stereocenters. The molecule has 0 radical (unpaired) electrons. The second-order valence-electron chi connectivity index (χ2n) is 6.03. The number of nitrogens with one attached hydrogen (secondary N) is 2. The predicted molar refractivity (Wildman–Crippen MR) is 117 cm³/mol. The topological polar surface area (TPSA) is 91.5 Å². The number of anilines is 2. The van der Waals surface area contributed by atoms with Gasteiger partial charge in [-0.2, -0.15) is 9.98 Å². The van der Waals surface area contributed by atoms with Crippen LogP contribution in [-0.2, 0) is 0 Å². The Kier molecular flexibility index (Phi) is 9.59. The first-order chi connectivity index (χ1) is 12.3. The Hall–Kier alpha value is -1.80. The number of aliphatic imine (C=N–C) groups is 1. The lowest BCUT2D eigenvalue weighted by Gasteiger charge is -2.11. The van der Waals surface area contributed by atoms with Crippen molar-refractivity contribution >= 4 is 59.0 Å². The maximum absolute atomic E-state index is 5.99. The predicted octanol–water partition coefficient (Wildman–Crippen LogP) is 3.94. The summed E-state index contributed by atoms with van der Waals surface area (Å²) in [6.07, 6.45) is 1.01. The molecule has 0 unspecified atom stereocenters. The van der Waals surface area contributed by atoms with Crippen LogP contribution in [-0.4, -0.2) is 48.0 Å². The Morgan fingerprint density at radius 3 is 2.59 bits per heavy atom. The quantitative estimate of drug-likeness (QED) is 0.349. The highest BCUT2D eigenvalue weighted by Gasteiger charge is 2.04. The van der Waals surface area contributed by atoms with Crippen molar-refractivity contribution in [1.29, 1.82) is 0 Å². The molecule has 1 aromatic carbocycles. The van der Waals surface area contributed by atoms with Crippen LogP contribution in [0.15, 0.2) is 29.3 Å². The lowest BCUT2D eigenvalue weighted by Crippen LogP contribution is -2.22. The fraction of sp³-hybridized carbons (Fsp3) is 0.353. The average molecular weight is 433 g/mol. The van der Waals surface area contributed by atoms with Crippen LogP contribution in [0.25, 0.3) is 0 Å². The van der Waals surface area contributed by atoms with E-state index in [1.807, 2.05) is 27.1 Å². The van der Waals surface area contributed by atoms with Crippen LogP contribution in [0.5, 0.6) is 0 Å². The Morgan fingerprint density at radius 1 is 1.19 bits per heavy atom. The van der Waals surface area contributed by atoms with Gasteiger partial charge in [-0.3, -0.25) is 0 Å². The molecule has 148 valence electrons. The lowest BCUT2D eigenvalue weighted by molar-refractivity contribution is 0.405. The van der Waals surface area contributed by atoms with Gasteiger partial charge >= 0.3 is 0 Å². The fourth-order valence-corrected chi connectivity index (χ4v) is 2.46. The average Bonchev–Trinajstić information content (AvgIpc) is 2.54. The van der Waals surface area contributed by atoms with Crippen molar-refractivity contribution in [2.24, 2.45) is 10.7 Å². The van der Waals surface area contributed by atoms with Crippen LogP contribution < -0.4 is 16.4 Å². The molecule has 27 heavy (non-hydrogen) atoms. The van der Waals surface area contributed by atoms with Gasteiger partial charge in [0.05, 0.1) is 10.0 Å². The number of nitrogens with two attached hydrogens (primary N) is 1. The van der Waals surface area contributed by atoms with Gasteiger partial charge in [0.1, 0.15) is 5.82 Å². The van der Waals surface area contributed by atoms with Gasteiger partial charge in [-0.05, 0) is 52.2 Å². The van der Waals surface area contributed by atoms with Gasteiger partial charge in [0.15, 0.2) is 0 Å². The molecular weight excluding hydrogens is 409 g/mol. The molecule has 0 spiro atoms. The zero-order valence-corrected chi connectivity index (χ0v) is 17.8. The molecule has 0 fully saturated rings. The first-order valence-corrected chi connectivity index (χ1v) is 8.89. The van der Waals surface area contributed by atoms with Crippen molar-refractivity contribution in [1.82, 2.24) is 14.9 Å². The highest BCUT2D eigenvalue weighted by molar-refractivity contribution is 6.42. The van der Waals surface area contributed by atoms with E-state index < -0.39 is 0 Å². The minimum atomic E-state index is 0. The summed E-state index contributed by atoms with van der Waals surface area (Å²) >= 11 is 11.9. The lowest BCUT2D eigenvalue weighted by atomic mass is 10.3. The molecule has 0 saturated carbocycles. The van der Waals surface area contributed by atoms with Gasteiger partial charge in [-0.1, -0.05) is 23.2 Å². The van der Waals surface area contributed by atoms with E-state index in [0.717, 1.165) is 31.0 Å². The van der Waals surface area contributed by atoms with E-state index in [1.54, 1.807) is 18.2 Å². The van der Waals surface area contributed by atoms with E-state index in [9.17, 15) is 0 Å². The van der Waals surface area contributed by atoms with E-state index in [1.165, 1.54) is 0 Å². The third kappa shape index (κ3) is 8.17. The van der Waals surface area contributed by atoms with Crippen LogP contribution in [0, 0.1) is 6.92 Å². The SMILES string of the molecule is Cc1cc(NCCCN(C)C)nc(/N=C(\N)Nc2ccc(Cl)c(Cl)c2)n1.Cl. The van der Waals surface area contributed by atoms with Gasteiger partial charge < -0.3 is 21.3 Å². The fourth-order valence-electron chi connectivity index (χ4n) is 2.16. The molecule has 2 aromatic rings. The molecule has 0 bridgehead atoms. The molecule has 0 aliphatic rings. The number of benzene rings is 1. The van der Waals surface area contributed by atoms with Crippen LogP contribution in [0.4, 0.5) is 17.5 Å². The Morgan fingerprint density at radius 2 is 1.93 bits per heavy atom. The van der Waals surface area contributed by atoms with Crippen molar-refractivity contribution < 1.29 is 0 Å². The third-order valence-corrected chi connectivity index (χ3v) is 4.08. The van der Waals surface area contributed by atoms with Gasteiger partial charge in [0, 0.05) is 24.0 Å². The van der Waals surface area contributed by atoms with E-state index >= 15 is 0 Å². The number of hydrogen-bond acceptors (Lipinski definition) is 5. The molecular formula is C17H24Cl3N7. The molecule has 1 aromatic heterocycles. The Labute approximate surface area is 175 Å². The van der Waals surface area contributed by atoms with Crippen molar-refractivity contribution in [3.8, 4) is 0 Å². The Bertz CT molecular complexity index is 781. The summed E-state index contributed by atoms with van der Waals surface area (Å²) in [7, 11) is 4.09. The van der Waals surface area contributed by atoms with Gasteiger partial charge in [0.2, 0.25) is 5.96 Å². The van der Waals surface area contributed by atoms with Crippen LogP contribution in [0.2, 0.25) is 10.0 Å². The molecule has 7 nitrogen and oxygen atoms in total. The zero-order chi connectivity index (χ0) is 19.1. The zero-order valence-electron chi connectivity index (χ0n) is 15.5. The van der Waals surface area contributed by atoms with Crippen LogP contribution in [0.1, 0.15) is 12.1 Å². The van der Waals surface area contributed by atoms with E-state index in [-0.39, 0.29) is 24.3 Å². The summed E-state index contributed by atoms with van der Waals surface area (Å²) in [5.41, 5.74) is 7.42. The van der Waals surface area contributed by atoms with Crippen molar-refractivity contribution in [2.75, 3.05) is 37.8 Å².